The Morgan fingerprint density at radius 3 is 2.62 bits per heavy atom. The number of rotatable bonds is 6. The monoisotopic (exact) mass is 356 g/mol. The molecule has 1 heterocycles. The molecule has 1 atom stereocenters. The number of fused-ring (bicyclic) bond motifs is 1. The Hall–Kier alpha value is -3.09. The molecule has 1 unspecified atom stereocenters. The summed E-state index contributed by atoms with van der Waals surface area (Å²) in [5, 5.41) is 11.1. The number of amides is 1. The van der Waals surface area contributed by atoms with E-state index in [9.17, 15) is 14.9 Å². The van der Waals surface area contributed by atoms with Crippen LogP contribution in [0.5, 0.6) is 11.5 Å². The minimum atomic E-state index is -0.594. The molecule has 0 aliphatic carbocycles. The van der Waals surface area contributed by atoms with E-state index in [0.717, 1.165) is 5.56 Å². The summed E-state index contributed by atoms with van der Waals surface area (Å²) >= 11 is 0. The number of benzene rings is 2. The van der Waals surface area contributed by atoms with Crippen LogP contribution in [0.2, 0.25) is 0 Å². The van der Waals surface area contributed by atoms with Crippen LogP contribution in [0.15, 0.2) is 42.5 Å². The van der Waals surface area contributed by atoms with Crippen molar-refractivity contribution in [3.05, 3.63) is 58.1 Å². The zero-order valence-corrected chi connectivity index (χ0v) is 14.7. The molecule has 136 valence electrons. The minimum Gasteiger partial charge on any atom is -0.492 e. The van der Waals surface area contributed by atoms with Gasteiger partial charge in [0.25, 0.3) is 11.6 Å². The second-order valence-electron chi connectivity index (χ2n) is 6.08. The van der Waals surface area contributed by atoms with Gasteiger partial charge in [0.15, 0.2) is 6.10 Å². The van der Waals surface area contributed by atoms with Gasteiger partial charge in [0.2, 0.25) is 0 Å². The third kappa shape index (κ3) is 3.61. The number of ether oxygens (including phenoxy) is 2. The van der Waals surface area contributed by atoms with E-state index in [2.05, 4.69) is 0 Å². The molecule has 0 saturated carbocycles. The van der Waals surface area contributed by atoms with Crippen LogP contribution in [0.1, 0.15) is 18.9 Å². The quantitative estimate of drug-likeness (QED) is 0.584. The molecule has 26 heavy (non-hydrogen) atoms. The fraction of sp³-hybridized carbons (Fsp3) is 0.316. The lowest BCUT2D eigenvalue weighted by Gasteiger charge is -2.33. The lowest BCUT2D eigenvalue weighted by molar-refractivity contribution is -0.384. The average Bonchev–Trinajstić information content (AvgIpc) is 2.64. The van der Waals surface area contributed by atoms with Crippen LogP contribution in [-0.2, 0) is 4.79 Å². The molecule has 7 nitrogen and oxygen atoms in total. The molecule has 2 aromatic carbocycles. The highest BCUT2D eigenvalue weighted by atomic mass is 16.6. The van der Waals surface area contributed by atoms with Crippen LogP contribution < -0.4 is 14.4 Å². The number of nitrogens with zero attached hydrogens (tertiary/aromatic N) is 2. The Labute approximate surface area is 151 Å². The van der Waals surface area contributed by atoms with Gasteiger partial charge in [-0.25, -0.2) is 0 Å². The van der Waals surface area contributed by atoms with Crippen molar-refractivity contribution in [1.82, 2.24) is 0 Å². The van der Waals surface area contributed by atoms with Gasteiger partial charge in [-0.1, -0.05) is 24.6 Å². The highest BCUT2D eigenvalue weighted by Crippen LogP contribution is 2.37. The van der Waals surface area contributed by atoms with Gasteiger partial charge < -0.3 is 14.4 Å². The zero-order valence-electron chi connectivity index (χ0n) is 14.7. The second kappa shape index (κ2) is 7.43. The van der Waals surface area contributed by atoms with E-state index in [1.807, 2.05) is 38.1 Å². The molecular formula is C19H20N2O5. The third-order valence-electron chi connectivity index (χ3n) is 4.23. The smallest absolute Gasteiger partial charge is 0.271 e. The molecule has 0 aromatic heterocycles. The van der Waals surface area contributed by atoms with Crippen LogP contribution >= 0.6 is 0 Å². The van der Waals surface area contributed by atoms with Crippen molar-refractivity contribution in [2.45, 2.75) is 26.4 Å². The zero-order chi connectivity index (χ0) is 18.7. The standard InChI is InChI=1S/C19H20N2O5/c1-3-17-19(22)20(10-11-25-15-7-4-13(2)5-8-15)16-12-14(21(23)24)6-9-18(16)26-17/h4-9,12,17H,3,10-11H2,1-2H3. The number of hydrogen-bond acceptors (Lipinski definition) is 5. The van der Waals surface area contributed by atoms with Gasteiger partial charge in [0.1, 0.15) is 18.1 Å². The van der Waals surface area contributed by atoms with E-state index in [1.54, 1.807) is 0 Å². The van der Waals surface area contributed by atoms with Crippen molar-refractivity contribution < 1.29 is 19.2 Å². The number of aryl methyl sites for hydroxylation is 1. The summed E-state index contributed by atoms with van der Waals surface area (Å²) in [6.07, 6.45) is -0.0757. The topological polar surface area (TPSA) is 81.9 Å². The Balaban J connectivity index is 1.79. The number of nitro groups is 1. The molecule has 0 spiro atoms. The minimum absolute atomic E-state index is 0.0837. The van der Waals surface area contributed by atoms with Gasteiger partial charge in [-0.05, 0) is 31.5 Å². The maximum absolute atomic E-state index is 12.7. The molecule has 0 radical (unpaired) electrons. The summed E-state index contributed by atoms with van der Waals surface area (Å²) < 4.78 is 11.4. The number of anilines is 1. The largest absolute Gasteiger partial charge is 0.492 e. The molecule has 0 saturated heterocycles. The Bertz CT molecular complexity index is 819. The fourth-order valence-electron chi connectivity index (χ4n) is 2.80. The van der Waals surface area contributed by atoms with E-state index < -0.39 is 11.0 Å². The fourth-order valence-corrected chi connectivity index (χ4v) is 2.80. The third-order valence-corrected chi connectivity index (χ3v) is 4.23. The van der Waals surface area contributed by atoms with Crippen LogP contribution in [-0.4, -0.2) is 30.1 Å². The average molecular weight is 356 g/mol. The van der Waals surface area contributed by atoms with Crippen molar-refractivity contribution in [3.63, 3.8) is 0 Å². The molecule has 0 bridgehead atoms. The first kappa shape index (κ1) is 17.7. The van der Waals surface area contributed by atoms with E-state index in [4.69, 9.17) is 9.47 Å². The van der Waals surface area contributed by atoms with Crippen LogP contribution in [0.25, 0.3) is 0 Å². The second-order valence-corrected chi connectivity index (χ2v) is 6.08. The van der Waals surface area contributed by atoms with Crippen LogP contribution in [0, 0.1) is 17.0 Å². The van der Waals surface area contributed by atoms with E-state index in [1.165, 1.54) is 23.1 Å². The van der Waals surface area contributed by atoms with Crippen molar-refractivity contribution in [3.8, 4) is 11.5 Å². The van der Waals surface area contributed by atoms with Gasteiger partial charge in [-0.15, -0.1) is 0 Å². The summed E-state index contributed by atoms with van der Waals surface area (Å²) in [7, 11) is 0. The summed E-state index contributed by atoms with van der Waals surface area (Å²) in [6, 6.07) is 11.9. The van der Waals surface area contributed by atoms with Crippen molar-refractivity contribution in [2.75, 3.05) is 18.1 Å². The van der Waals surface area contributed by atoms with Crippen LogP contribution in [0.3, 0.4) is 0 Å². The number of hydrogen-bond donors (Lipinski definition) is 0. The normalized spacial score (nSPS) is 16.0. The molecule has 2 aromatic rings. The van der Waals surface area contributed by atoms with E-state index in [0.29, 0.717) is 23.6 Å². The summed E-state index contributed by atoms with van der Waals surface area (Å²) in [6.45, 7) is 4.40. The van der Waals surface area contributed by atoms with Gasteiger partial charge in [0, 0.05) is 12.1 Å². The first-order valence-corrected chi connectivity index (χ1v) is 8.45. The molecule has 0 fully saturated rings. The lowest BCUT2D eigenvalue weighted by atomic mass is 10.1. The van der Waals surface area contributed by atoms with Crippen molar-refractivity contribution >= 4 is 17.3 Å². The van der Waals surface area contributed by atoms with Gasteiger partial charge >= 0.3 is 0 Å². The number of non-ortho nitro benzene ring substituents is 1. The van der Waals surface area contributed by atoms with Gasteiger partial charge in [-0.2, -0.15) is 0 Å². The summed E-state index contributed by atoms with van der Waals surface area (Å²) in [4.78, 5) is 24.7. The lowest BCUT2D eigenvalue weighted by Crippen LogP contribution is -2.47. The summed E-state index contributed by atoms with van der Waals surface area (Å²) in [5.41, 5.74) is 1.45. The molecule has 7 heteroatoms. The predicted molar refractivity (Wildman–Crippen MR) is 96.8 cm³/mol. The Morgan fingerprint density at radius 1 is 1.23 bits per heavy atom. The molecule has 1 aliphatic heterocycles. The maximum Gasteiger partial charge on any atom is 0.271 e. The van der Waals surface area contributed by atoms with Crippen molar-refractivity contribution in [2.24, 2.45) is 0 Å². The highest BCUT2D eigenvalue weighted by Gasteiger charge is 2.34. The Kier molecular flexibility index (Phi) is 5.06. The van der Waals surface area contributed by atoms with Crippen LogP contribution in [0.4, 0.5) is 11.4 Å². The molecule has 1 amide bonds. The molecule has 1 aliphatic rings. The molecule has 0 N–H and O–H groups in total. The maximum atomic E-state index is 12.7. The van der Waals surface area contributed by atoms with Gasteiger partial charge in [0.05, 0.1) is 17.2 Å². The molecular weight excluding hydrogens is 336 g/mol. The number of nitro benzene ring substituents is 1. The summed E-state index contributed by atoms with van der Waals surface area (Å²) in [5.74, 6) is 0.966. The van der Waals surface area contributed by atoms with Gasteiger partial charge in [-0.3, -0.25) is 14.9 Å². The first-order valence-electron chi connectivity index (χ1n) is 8.45. The highest BCUT2D eigenvalue weighted by molar-refractivity contribution is 6.00. The first-order chi connectivity index (χ1) is 12.5. The number of carbonyl (C=O) groups is 1. The van der Waals surface area contributed by atoms with Crippen molar-refractivity contribution in [1.29, 1.82) is 0 Å². The number of carbonyl (C=O) groups excluding carboxylic acids is 1. The predicted octanol–water partition coefficient (Wildman–Crippen LogP) is 3.49. The Morgan fingerprint density at radius 2 is 1.96 bits per heavy atom. The van der Waals surface area contributed by atoms with E-state index >= 15 is 0 Å². The SMILES string of the molecule is CCC1Oc2ccc([N+](=O)[O-])cc2N(CCOc2ccc(C)cc2)C1=O. The van der Waals surface area contributed by atoms with E-state index in [-0.39, 0.29) is 24.7 Å². The molecule has 3 rings (SSSR count).